The molecule has 0 unspecified atom stereocenters. The van der Waals surface area contributed by atoms with Gasteiger partial charge in [0.25, 0.3) is 0 Å². The van der Waals surface area contributed by atoms with E-state index in [2.05, 4.69) is 10.5 Å². The van der Waals surface area contributed by atoms with Gasteiger partial charge in [-0.1, -0.05) is 35.5 Å². The van der Waals surface area contributed by atoms with E-state index in [1.165, 1.54) is 0 Å². The maximum Gasteiger partial charge on any atom is 0.236 e. The molecule has 1 amide bonds. The van der Waals surface area contributed by atoms with Gasteiger partial charge in [0.15, 0.2) is 0 Å². The second-order valence-electron chi connectivity index (χ2n) is 7.31. The van der Waals surface area contributed by atoms with Gasteiger partial charge < -0.3 is 15.1 Å². The first-order chi connectivity index (χ1) is 12.6. The number of alkyl halides is 1. The van der Waals surface area contributed by atoms with Crippen LogP contribution < -0.4 is 5.32 Å². The summed E-state index contributed by atoms with van der Waals surface area (Å²) in [4.78, 5) is 19.2. The molecule has 0 spiro atoms. The molecule has 1 saturated heterocycles. The number of amides is 1. The van der Waals surface area contributed by atoms with Crippen molar-refractivity contribution in [2.45, 2.75) is 51.4 Å². The Morgan fingerprint density at radius 2 is 2.12 bits per heavy atom. The molecular weight excluding hydrogens is 333 g/mol. The number of benzene rings is 1. The van der Waals surface area contributed by atoms with Gasteiger partial charge in [0.05, 0.1) is 18.8 Å². The second kappa shape index (κ2) is 9.12. The molecule has 2 fully saturated rings. The Hall–Kier alpha value is -1.95. The Balaban J connectivity index is 1.37. The van der Waals surface area contributed by atoms with Gasteiger partial charge in [0.1, 0.15) is 12.8 Å². The third-order valence-electron chi connectivity index (χ3n) is 5.33. The van der Waals surface area contributed by atoms with Crippen LogP contribution >= 0.6 is 0 Å². The van der Waals surface area contributed by atoms with Crippen LogP contribution in [0.3, 0.4) is 0 Å². The van der Waals surface area contributed by atoms with Crippen molar-refractivity contribution < 1.29 is 14.0 Å². The van der Waals surface area contributed by atoms with E-state index in [0.717, 1.165) is 30.5 Å². The van der Waals surface area contributed by atoms with Gasteiger partial charge in [0.2, 0.25) is 5.91 Å². The van der Waals surface area contributed by atoms with Crippen LogP contribution in [-0.2, 0) is 16.2 Å². The molecule has 1 aliphatic heterocycles. The Morgan fingerprint density at radius 1 is 1.31 bits per heavy atom. The van der Waals surface area contributed by atoms with E-state index in [9.17, 15) is 9.18 Å². The standard InChI is InChI=1S/C20H28FN3O2/c1-15(23-26-14-16-5-3-2-4-6-16)17-7-8-19(11-17)22-12-20(25)24-10-9-18(21)13-24/h2-6,17-19,22H,7-14H2,1H3/b23-15+/t17-,18-,19+/m0/s1. The maximum absolute atomic E-state index is 13.2. The van der Waals surface area contributed by atoms with Crippen LogP contribution in [0.15, 0.2) is 35.5 Å². The van der Waals surface area contributed by atoms with Crippen molar-refractivity contribution in [1.82, 2.24) is 10.2 Å². The molecule has 1 N–H and O–H groups in total. The molecule has 6 heteroatoms. The van der Waals surface area contributed by atoms with Crippen LogP contribution in [0.4, 0.5) is 4.39 Å². The summed E-state index contributed by atoms with van der Waals surface area (Å²) in [5.41, 5.74) is 2.11. The molecule has 0 bridgehead atoms. The third kappa shape index (κ3) is 5.27. The number of likely N-dealkylation sites (tertiary alicyclic amines) is 1. The van der Waals surface area contributed by atoms with Crippen LogP contribution in [-0.4, -0.2) is 48.4 Å². The molecule has 0 aromatic heterocycles. The van der Waals surface area contributed by atoms with Crippen molar-refractivity contribution in [3.05, 3.63) is 35.9 Å². The number of rotatable bonds is 7. The molecule has 26 heavy (non-hydrogen) atoms. The molecular formula is C20H28FN3O2. The fourth-order valence-corrected chi connectivity index (χ4v) is 3.69. The van der Waals surface area contributed by atoms with E-state index in [1.54, 1.807) is 4.90 Å². The largest absolute Gasteiger partial charge is 0.391 e. The van der Waals surface area contributed by atoms with Crippen molar-refractivity contribution in [2.24, 2.45) is 11.1 Å². The summed E-state index contributed by atoms with van der Waals surface area (Å²) in [6, 6.07) is 10.3. The van der Waals surface area contributed by atoms with E-state index in [4.69, 9.17) is 4.84 Å². The highest BCUT2D eigenvalue weighted by Crippen LogP contribution is 2.27. The average Bonchev–Trinajstić information content (AvgIpc) is 3.30. The predicted octanol–water partition coefficient (Wildman–Crippen LogP) is 2.91. The Bertz CT molecular complexity index is 623. The summed E-state index contributed by atoms with van der Waals surface area (Å²) in [6.07, 6.45) is 2.64. The molecule has 1 aromatic rings. The molecule has 5 nitrogen and oxygen atoms in total. The SMILES string of the molecule is C/C(=N\OCc1ccccc1)[C@H]1CC[C@@H](NCC(=O)N2CC[C@H](F)C2)C1. The highest BCUT2D eigenvalue weighted by molar-refractivity contribution is 5.84. The van der Waals surface area contributed by atoms with E-state index in [-0.39, 0.29) is 12.5 Å². The average molecular weight is 361 g/mol. The first-order valence-corrected chi connectivity index (χ1v) is 9.47. The van der Waals surface area contributed by atoms with Gasteiger partial charge in [-0.2, -0.15) is 0 Å². The van der Waals surface area contributed by atoms with Gasteiger partial charge in [-0.15, -0.1) is 0 Å². The van der Waals surface area contributed by atoms with Crippen molar-refractivity contribution >= 4 is 11.6 Å². The lowest BCUT2D eigenvalue weighted by Gasteiger charge is -2.18. The van der Waals surface area contributed by atoms with Crippen LogP contribution in [0.2, 0.25) is 0 Å². The van der Waals surface area contributed by atoms with Crippen molar-refractivity contribution in [3.8, 4) is 0 Å². The minimum Gasteiger partial charge on any atom is -0.391 e. The highest BCUT2D eigenvalue weighted by atomic mass is 19.1. The maximum atomic E-state index is 13.2. The zero-order chi connectivity index (χ0) is 18.4. The molecule has 142 valence electrons. The number of hydrogen-bond donors (Lipinski definition) is 1. The topological polar surface area (TPSA) is 53.9 Å². The number of hydrogen-bond acceptors (Lipinski definition) is 4. The third-order valence-corrected chi connectivity index (χ3v) is 5.33. The normalized spacial score (nSPS) is 26.3. The highest BCUT2D eigenvalue weighted by Gasteiger charge is 2.29. The molecule has 3 atom stereocenters. The number of carbonyl (C=O) groups is 1. The zero-order valence-electron chi connectivity index (χ0n) is 15.4. The predicted molar refractivity (Wildman–Crippen MR) is 99.6 cm³/mol. The second-order valence-corrected chi connectivity index (χ2v) is 7.31. The molecule has 1 aliphatic carbocycles. The summed E-state index contributed by atoms with van der Waals surface area (Å²) in [5, 5.41) is 7.60. The fraction of sp³-hybridized carbons (Fsp3) is 0.600. The number of nitrogens with one attached hydrogen (secondary N) is 1. The molecule has 1 saturated carbocycles. The number of carbonyl (C=O) groups excluding carboxylic acids is 1. The summed E-state index contributed by atoms with van der Waals surface area (Å²) in [6.45, 7) is 3.57. The minimum atomic E-state index is -0.857. The van der Waals surface area contributed by atoms with Crippen molar-refractivity contribution in [1.29, 1.82) is 0 Å². The first-order valence-electron chi connectivity index (χ1n) is 9.47. The molecule has 2 aliphatic rings. The summed E-state index contributed by atoms with van der Waals surface area (Å²) < 4.78 is 13.2. The smallest absolute Gasteiger partial charge is 0.236 e. The van der Waals surface area contributed by atoms with E-state index in [1.807, 2.05) is 37.3 Å². The summed E-state index contributed by atoms with van der Waals surface area (Å²) >= 11 is 0. The summed E-state index contributed by atoms with van der Waals surface area (Å²) in [7, 11) is 0. The fourth-order valence-electron chi connectivity index (χ4n) is 3.69. The lowest BCUT2D eigenvalue weighted by molar-refractivity contribution is -0.129. The number of oxime groups is 1. The lowest BCUT2D eigenvalue weighted by atomic mass is 10.0. The van der Waals surface area contributed by atoms with E-state index < -0.39 is 6.17 Å². The Morgan fingerprint density at radius 3 is 2.85 bits per heavy atom. The quantitative estimate of drug-likeness (QED) is 0.600. The zero-order valence-corrected chi connectivity index (χ0v) is 15.4. The van der Waals surface area contributed by atoms with Gasteiger partial charge >= 0.3 is 0 Å². The number of nitrogens with zero attached hydrogens (tertiary/aromatic N) is 2. The van der Waals surface area contributed by atoms with Gasteiger partial charge in [-0.25, -0.2) is 4.39 Å². The van der Waals surface area contributed by atoms with Crippen LogP contribution in [0.5, 0.6) is 0 Å². The summed E-state index contributed by atoms with van der Waals surface area (Å²) in [5.74, 6) is 0.394. The minimum absolute atomic E-state index is 0.00480. The number of halogens is 1. The van der Waals surface area contributed by atoms with Crippen LogP contribution in [0.1, 0.15) is 38.2 Å². The van der Waals surface area contributed by atoms with E-state index >= 15 is 0 Å². The van der Waals surface area contributed by atoms with Gasteiger partial charge in [0, 0.05) is 18.5 Å². The Kier molecular flexibility index (Phi) is 6.61. The molecule has 1 aromatic carbocycles. The Labute approximate surface area is 154 Å². The van der Waals surface area contributed by atoms with Crippen molar-refractivity contribution in [3.63, 3.8) is 0 Å². The van der Waals surface area contributed by atoms with E-state index in [0.29, 0.717) is 38.1 Å². The monoisotopic (exact) mass is 361 g/mol. The first kappa shape index (κ1) is 18.8. The van der Waals surface area contributed by atoms with Crippen LogP contribution in [0.25, 0.3) is 0 Å². The van der Waals surface area contributed by atoms with Crippen LogP contribution in [0, 0.1) is 5.92 Å². The lowest BCUT2D eigenvalue weighted by Crippen LogP contribution is -2.40. The van der Waals surface area contributed by atoms with Gasteiger partial charge in [-0.3, -0.25) is 4.79 Å². The molecule has 0 radical (unpaired) electrons. The van der Waals surface area contributed by atoms with Gasteiger partial charge in [-0.05, 0) is 38.2 Å². The van der Waals surface area contributed by atoms with Crippen molar-refractivity contribution in [2.75, 3.05) is 19.6 Å². The molecule has 3 rings (SSSR count). The molecule has 1 heterocycles.